The second-order valence-corrected chi connectivity index (χ2v) is 9.49. The quantitative estimate of drug-likeness (QED) is 0.472. The number of nitrogens with zero attached hydrogens (tertiary/aromatic N) is 4. The van der Waals surface area contributed by atoms with Gasteiger partial charge in [-0.2, -0.15) is 5.26 Å². The van der Waals surface area contributed by atoms with Gasteiger partial charge in [0.25, 0.3) is 5.69 Å². The van der Waals surface area contributed by atoms with E-state index < -0.39 is 26.4 Å². The fourth-order valence-electron chi connectivity index (χ4n) is 3.44. The molecule has 0 atom stereocenters. The minimum Gasteiger partial charge on any atom is -0.339 e. The van der Waals surface area contributed by atoms with E-state index in [9.17, 15) is 23.3 Å². The van der Waals surface area contributed by atoms with Crippen LogP contribution in [-0.4, -0.2) is 61.0 Å². The van der Waals surface area contributed by atoms with E-state index in [4.69, 9.17) is 5.26 Å². The van der Waals surface area contributed by atoms with E-state index in [1.165, 1.54) is 12.1 Å². The monoisotopic (exact) mass is 442 g/mol. The molecule has 9 nitrogen and oxygen atoms in total. The molecule has 2 aromatic carbocycles. The molecule has 1 heterocycles. The Hall–Kier alpha value is -3.29. The summed E-state index contributed by atoms with van der Waals surface area (Å²) in [5.41, 5.74) is 1.84. The lowest BCUT2D eigenvalue weighted by atomic mass is 10.1. The lowest BCUT2D eigenvalue weighted by molar-refractivity contribution is -0.384. The van der Waals surface area contributed by atoms with Crippen molar-refractivity contribution in [3.8, 4) is 6.07 Å². The second kappa shape index (κ2) is 9.68. The standard InChI is InChI=1S/C21H22N4O5S/c22-13-17-4-6-18(7-5-17)15-31(29,30)16-21(26)24-10-8-23(9-11-24)14-19-2-1-3-20(12-19)25(27)28/h1-7,12H,8-11,14-16H2. The molecule has 1 aliphatic heterocycles. The van der Waals surface area contributed by atoms with E-state index in [1.807, 2.05) is 12.1 Å². The highest BCUT2D eigenvalue weighted by molar-refractivity contribution is 7.91. The largest absolute Gasteiger partial charge is 0.339 e. The molecule has 10 heteroatoms. The predicted octanol–water partition coefficient (Wildman–Crippen LogP) is 1.73. The molecule has 1 fully saturated rings. The van der Waals surface area contributed by atoms with Crippen molar-refractivity contribution in [3.63, 3.8) is 0 Å². The van der Waals surface area contributed by atoms with Gasteiger partial charge in [0.2, 0.25) is 5.91 Å². The lowest BCUT2D eigenvalue weighted by Crippen LogP contribution is -2.49. The average Bonchev–Trinajstić information content (AvgIpc) is 2.74. The van der Waals surface area contributed by atoms with Crippen molar-refractivity contribution in [2.24, 2.45) is 0 Å². The van der Waals surface area contributed by atoms with Crippen LogP contribution >= 0.6 is 0 Å². The molecule has 162 valence electrons. The van der Waals surface area contributed by atoms with Gasteiger partial charge in [0.05, 0.1) is 22.3 Å². The predicted molar refractivity (Wildman–Crippen MR) is 114 cm³/mol. The van der Waals surface area contributed by atoms with Crippen molar-refractivity contribution in [2.45, 2.75) is 12.3 Å². The Balaban J connectivity index is 1.50. The fourth-order valence-corrected chi connectivity index (χ4v) is 4.80. The summed E-state index contributed by atoms with van der Waals surface area (Å²) in [6, 6.07) is 14.7. The number of non-ortho nitro benzene ring substituents is 1. The minimum absolute atomic E-state index is 0.0405. The first-order valence-electron chi connectivity index (χ1n) is 9.69. The van der Waals surface area contributed by atoms with Crippen LogP contribution in [-0.2, 0) is 26.9 Å². The lowest BCUT2D eigenvalue weighted by Gasteiger charge is -2.34. The number of sulfone groups is 1. The zero-order chi connectivity index (χ0) is 22.4. The van der Waals surface area contributed by atoms with Gasteiger partial charge in [-0.1, -0.05) is 24.3 Å². The highest BCUT2D eigenvalue weighted by atomic mass is 32.2. The summed E-state index contributed by atoms with van der Waals surface area (Å²) in [6.07, 6.45) is 0. The van der Waals surface area contributed by atoms with Crippen LogP contribution in [0.1, 0.15) is 16.7 Å². The summed E-state index contributed by atoms with van der Waals surface area (Å²) in [5.74, 6) is -1.24. The molecule has 0 aliphatic carbocycles. The summed E-state index contributed by atoms with van der Waals surface area (Å²) in [6.45, 7) is 2.45. The van der Waals surface area contributed by atoms with Gasteiger partial charge in [0.15, 0.2) is 9.84 Å². The number of hydrogen-bond acceptors (Lipinski definition) is 7. The van der Waals surface area contributed by atoms with Crippen LogP contribution in [0.15, 0.2) is 48.5 Å². The number of nitriles is 1. The molecule has 0 N–H and O–H groups in total. The molecule has 1 amide bonds. The van der Waals surface area contributed by atoms with Crippen LogP contribution < -0.4 is 0 Å². The molecule has 0 aromatic heterocycles. The number of benzene rings is 2. The first-order valence-corrected chi connectivity index (χ1v) is 11.5. The molecule has 0 bridgehead atoms. The molecule has 31 heavy (non-hydrogen) atoms. The number of carbonyl (C=O) groups excluding carboxylic acids is 1. The van der Waals surface area contributed by atoms with E-state index in [1.54, 1.807) is 35.2 Å². The van der Waals surface area contributed by atoms with Gasteiger partial charge >= 0.3 is 0 Å². The molecule has 2 aromatic rings. The molecule has 0 spiro atoms. The number of carbonyl (C=O) groups is 1. The number of piperazine rings is 1. The van der Waals surface area contributed by atoms with Crippen LogP contribution in [0.4, 0.5) is 5.69 Å². The van der Waals surface area contributed by atoms with Gasteiger partial charge in [0.1, 0.15) is 5.75 Å². The Bertz CT molecular complexity index is 1100. The van der Waals surface area contributed by atoms with Crippen LogP contribution in [0.5, 0.6) is 0 Å². The number of nitro benzene ring substituents is 1. The number of hydrogen-bond donors (Lipinski definition) is 0. The Morgan fingerprint density at radius 2 is 1.74 bits per heavy atom. The summed E-state index contributed by atoms with van der Waals surface area (Å²) in [5, 5.41) is 19.7. The summed E-state index contributed by atoms with van der Waals surface area (Å²) < 4.78 is 24.8. The van der Waals surface area contributed by atoms with Crippen molar-refractivity contribution in [1.82, 2.24) is 9.80 Å². The zero-order valence-corrected chi connectivity index (χ0v) is 17.6. The first-order chi connectivity index (χ1) is 14.8. The van der Waals surface area contributed by atoms with E-state index in [0.717, 1.165) is 5.56 Å². The van der Waals surface area contributed by atoms with Crippen molar-refractivity contribution >= 4 is 21.4 Å². The van der Waals surface area contributed by atoms with E-state index in [2.05, 4.69) is 4.90 Å². The minimum atomic E-state index is -3.63. The maximum Gasteiger partial charge on any atom is 0.269 e. The smallest absolute Gasteiger partial charge is 0.269 e. The summed E-state index contributed by atoms with van der Waals surface area (Å²) in [7, 11) is -3.63. The van der Waals surface area contributed by atoms with Gasteiger partial charge in [-0.3, -0.25) is 19.8 Å². The summed E-state index contributed by atoms with van der Waals surface area (Å²) in [4.78, 5) is 26.6. The maximum absolute atomic E-state index is 12.5. The van der Waals surface area contributed by atoms with Gasteiger partial charge < -0.3 is 4.90 Å². The van der Waals surface area contributed by atoms with Crippen LogP contribution in [0.3, 0.4) is 0 Å². The zero-order valence-electron chi connectivity index (χ0n) is 16.8. The van der Waals surface area contributed by atoms with Crippen molar-refractivity contribution in [1.29, 1.82) is 5.26 Å². The highest BCUT2D eigenvalue weighted by Crippen LogP contribution is 2.16. The highest BCUT2D eigenvalue weighted by Gasteiger charge is 2.26. The molecule has 1 saturated heterocycles. The average molecular weight is 442 g/mol. The number of amides is 1. The molecule has 3 rings (SSSR count). The fraction of sp³-hybridized carbons (Fsp3) is 0.333. The Kier molecular flexibility index (Phi) is 6.99. The normalized spacial score (nSPS) is 14.7. The van der Waals surface area contributed by atoms with Crippen LogP contribution in [0.2, 0.25) is 0 Å². The third kappa shape index (κ3) is 6.34. The van der Waals surface area contributed by atoms with Gasteiger partial charge in [0, 0.05) is 44.9 Å². The Labute approximate surface area is 180 Å². The van der Waals surface area contributed by atoms with E-state index in [0.29, 0.717) is 43.9 Å². The number of nitro groups is 1. The maximum atomic E-state index is 12.5. The third-order valence-electron chi connectivity index (χ3n) is 5.07. The van der Waals surface area contributed by atoms with E-state index >= 15 is 0 Å². The van der Waals surface area contributed by atoms with Crippen molar-refractivity contribution in [3.05, 3.63) is 75.3 Å². The molecule has 0 saturated carbocycles. The molecular formula is C21H22N4O5S. The van der Waals surface area contributed by atoms with Crippen LogP contribution in [0, 0.1) is 21.4 Å². The van der Waals surface area contributed by atoms with Crippen molar-refractivity contribution in [2.75, 3.05) is 31.9 Å². The van der Waals surface area contributed by atoms with Gasteiger partial charge in [-0.15, -0.1) is 0 Å². The second-order valence-electron chi connectivity index (χ2n) is 7.42. The van der Waals surface area contributed by atoms with Gasteiger partial charge in [-0.05, 0) is 23.3 Å². The SMILES string of the molecule is N#Cc1ccc(CS(=O)(=O)CC(=O)N2CCN(Cc3cccc([N+](=O)[O-])c3)CC2)cc1. The summed E-state index contributed by atoms with van der Waals surface area (Å²) >= 11 is 0. The molecular weight excluding hydrogens is 420 g/mol. The molecule has 0 unspecified atom stereocenters. The molecule has 0 radical (unpaired) electrons. The Morgan fingerprint density at radius 1 is 1.06 bits per heavy atom. The van der Waals surface area contributed by atoms with Gasteiger partial charge in [-0.25, -0.2) is 8.42 Å². The topological polar surface area (TPSA) is 125 Å². The third-order valence-corrected chi connectivity index (χ3v) is 6.53. The Morgan fingerprint density at radius 3 is 2.35 bits per heavy atom. The molecule has 1 aliphatic rings. The first kappa shape index (κ1) is 22.4. The number of rotatable bonds is 7. The van der Waals surface area contributed by atoms with E-state index in [-0.39, 0.29) is 11.4 Å². The van der Waals surface area contributed by atoms with Crippen LogP contribution in [0.25, 0.3) is 0 Å². The van der Waals surface area contributed by atoms with Crippen molar-refractivity contribution < 1.29 is 18.1 Å².